The van der Waals surface area contributed by atoms with Crippen LogP contribution < -0.4 is 10.2 Å². The number of amides is 4. The van der Waals surface area contributed by atoms with Gasteiger partial charge in [-0.25, -0.2) is 9.69 Å². The fourth-order valence-corrected chi connectivity index (χ4v) is 3.51. The molecule has 0 spiro atoms. The van der Waals surface area contributed by atoms with Crippen molar-refractivity contribution < 1.29 is 23.7 Å². The summed E-state index contributed by atoms with van der Waals surface area (Å²) < 4.78 is 5.73. The third-order valence-electron chi connectivity index (χ3n) is 5.22. The molecule has 1 N–H and O–H groups in total. The number of nitro benzene ring substituents is 1. The average molecular weight is 466 g/mol. The molecule has 1 aromatic heterocycles. The molecule has 1 saturated heterocycles. The second-order valence-corrected chi connectivity index (χ2v) is 7.77. The number of anilines is 1. The Labute approximate surface area is 192 Å². The summed E-state index contributed by atoms with van der Waals surface area (Å²) in [6, 6.07) is 11.3. The van der Waals surface area contributed by atoms with Gasteiger partial charge in [0.2, 0.25) is 0 Å². The number of hydrogen-bond acceptors (Lipinski definition) is 6. The number of nitrogens with zero attached hydrogens (tertiary/aromatic N) is 2. The van der Waals surface area contributed by atoms with Gasteiger partial charge >= 0.3 is 6.03 Å². The predicted molar refractivity (Wildman–Crippen MR) is 121 cm³/mol. The summed E-state index contributed by atoms with van der Waals surface area (Å²) in [6.45, 7) is 3.42. The maximum absolute atomic E-state index is 12.9. The van der Waals surface area contributed by atoms with E-state index >= 15 is 0 Å². The maximum atomic E-state index is 12.9. The molecule has 0 radical (unpaired) electrons. The molecule has 4 amide bonds. The third kappa shape index (κ3) is 4.13. The Morgan fingerprint density at radius 2 is 1.76 bits per heavy atom. The van der Waals surface area contributed by atoms with Crippen LogP contribution in [0.15, 0.2) is 58.5 Å². The normalized spacial score (nSPS) is 15.2. The van der Waals surface area contributed by atoms with Crippen molar-refractivity contribution in [3.8, 4) is 11.3 Å². The van der Waals surface area contributed by atoms with Gasteiger partial charge in [-0.3, -0.25) is 25.0 Å². The van der Waals surface area contributed by atoms with Crippen LogP contribution in [0.4, 0.5) is 16.2 Å². The van der Waals surface area contributed by atoms with E-state index < -0.39 is 22.8 Å². The van der Waals surface area contributed by atoms with Crippen molar-refractivity contribution >= 4 is 46.9 Å². The fraction of sp³-hybridized carbons (Fsp3) is 0.0870. The standard InChI is InChI=1S/C23H16ClN3O6/c1-12-9-14(10-19(13(12)2)27(31)32)20-8-7-17(33-20)11-18-21(28)25-23(30)26(22(18)29)16-5-3-15(24)4-6-16/h3-11H,1-2H3,(H,25,28,30)/b18-11+. The number of halogens is 1. The molecule has 0 saturated carbocycles. The lowest BCUT2D eigenvalue weighted by Gasteiger charge is -2.26. The van der Waals surface area contributed by atoms with Crippen LogP contribution in [0.5, 0.6) is 0 Å². The molecular formula is C23H16ClN3O6. The Bertz CT molecular complexity index is 1360. The predicted octanol–water partition coefficient (Wildman–Crippen LogP) is 4.79. The molecule has 10 heteroatoms. The van der Waals surface area contributed by atoms with E-state index in [0.29, 0.717) is 21.9 Å². The van der Waals surface area contributed by atoms with Crippen molar-refractivity contribution in [2.45, 2.75) is 13.8 Å². The maximum Gasteiger partial charge on any atom is 0.335 e. The number of carbonyl (C=O) groups excluding carboxylic acids is 3. The molecule has 2 heterocycles. The number of barbiturate groups is 1. The summed E-state index contributed by atoms with van der Waals surface area (Å²) >= 11 is 5.86. The number of imide groups is 2. The van der Waals surface area contributed by atoms with Gasteiger partial charge in [-0.1, -0.05) is 11.6 Å². The highest BCUT2D eigenvalue weighted by Gasteiger charge is 2.37. The van der Waals surface area contributed by atoms with E-state index in [0.717, 1.165) is 10.5 Å². The first-order valence-electron chi connectivity index (χ1n) is 9.68. The first kappa shape index (κ1) is 22.0. The fourth-order valence-electron chi connectivity index (χ4n) is 3.38. The second-order valence-electron chi connectivity index (χ2n) is 7.33. The van der Waals surface area contributed by atoms with Crippen molar-refractivity contribution in [1.82, 2.24) is 5.32 Å². The number of furan rings is 1. The van der Waals surface area contributed by atoms with Gasteiger partial charge < -0.3 is 4.42 Å². The van der Waals surface area contributed by atoms with Crippen LogP contribution in [0.3, 0.4) is 0 Å². The van der Waals surface area contributed by atoms with Crippen molar-refractivity contribution in [2.24, 2.45) is 0 Å². The van der Waals surface area contributed by atoms with Crippen LogP contribution in [0.25, 0.3) is 17.4 Å². The zero-order chi connectivity index (χ0) is 23.9. The van der Waals surface area contributed by atoms with Crippen LogP contribution >= 0.6 is 11.6 Å². The number of hydrogen-bond donors (Lipinski definition) is 1. The number of carbonyl (C=O) groups is 3. The summed E-state index contributed by atoms with van der Waals surface area (Å²) in [5.41, 5.74) is 1.63. The Morgan fingerprint density at radius 3 is 2.42 bits per heavy atom. The van der Waals surface area contributed by atoms with Crippen LogP contribution in [0.1, 0.15) is 16.9 Å². The summed E-state index contributed by atoms with van der Waals surface area (Å²) in [4.78, 5) is 49.2. The Hall–Kier alpha value is -4.24. The van der Waals surface area contributed by atoms with E-state index in [9.17, 15) is 24.5 Å². The molecule has 33 heavy (non-hydrogen) atoms. The van der Waals surface area contributed by atoms with Gasteiger partial charge in [0.15, 0.2) is 0 Å². The lowest BCUT2D eigenvalue weighted by Crippen LogP contribution is -2.54. The molecule has 0 bridgehead atoms. The van der Waals surface area contributed by atoms with E-state index in [1.54, 1.807) is 26.0 Å². The molecule has 1 aliphatic rings. The van der Waals surface area contributed by atoms with Gasteiger partial charge in [-0.05, 0) is 68.0 Å². The largest absolute Gasteiger partial charge is 0.457 e. The minimum absolute atomic E-state index is 0.0414. The monoisotopic (exact) mass is 465 g/mol. The lowest BCUT2D eigenvalue weighted by atomic mass is 10.0. The van der Waals surface area contributed by atoms with E-state index in [-0.39, 0.29) is 22.7 Å². The smallest absolute Gasteiger partial charge is 0.335 e. The van der Waals surface area contributed by atoms with E-state index in [4.69, 9.17) is 16.0 Å². The Balaban J connectivity index is 1.69. The molecular weight excluding hydrogens is 450 g/mol. The topological polar surface area (TPSA) is 123 Å². The molecule has 2 aromatic carbocycles. The highest BCUT2D eigenvalue weighted by molar-refractivity contribution is 6.39. The quantitative estimate of drug-likeness (QED) is 0.256. The van der Waals surface area contributed by atoms with Crippen LogP contribution in [-0.2, 0) is 9.59 Å². The summed E-state index contributed by atoms with van der Waals surface area (Å²) in [5, 5.41) is 13.9. The molecule has 0 atom stereocenters. The zero-order valence-corrected chi connectivity index (χ0v) is 18.2. The molecule has 0 unspecified atom stereocenters. The van der Waals surface area contributed by atoms with Gasteiger partial charge in [-0.2, -0.15) is 0 Å². The minimum Gasteiger partial charge on any atom is -0.457 e. The highest BCUT2D eigenvalue weighted by Crippen LogP contribution is 2.31. The van der Waals surface area contributed by atoms with Crippen molar-refractivity contribution in [3.05, 3.63) is 86.1 Å². The third-order valence-corrected chi connectivity index (χ3v) is 5.47. The van der Waals surface area contributed by atoms with Crippen molar-refractivity contribution in [2.75, 3.05) is 4.90 Å². The van der Waals surface area contributed by atoms with Gasteiger partial charge in [-0.15, -0.1) is 0 Å². The molecule has 9 nitrogen and oxygen atoms in total. The van der Waals surface area contributed by atoms with E-state index in [1.807, 2.05) is 0 Å². The molecule has 4 rings (SSSR count). The summed E-state index contributed by atoms with van der Waals surface area (Å²) in [7, 11) is 0. The Kier molecular flexibility index (Phi) is 5.57. The SMILES string of the molecule is Cc1cc(-c2ccc(/C=C3\C(=O)NC(=O)N(c4ccc(Cl)cc4)C3=O)o2)cc([N+](=O)[O-])c1C. The second kappa shape index (κ2) is 8.36. The van der Waals surface area contributed by atoms with Gasteiger partial charge in [0.25, 0.3) is 17.5 Å². The number of rotatable bonds is 4. The average Bonchev–Trinajstić information content (AvgIpc) is 3.22. The number of aryl methyl sites for hydroxylation is 1. The van der Waals surface area contributed by atoms with Crippen LogP contribution in [-0.4, -0.2) is 22.8 Å². The van der Waals surface area contributed by atoms with Crippen LogP contribution in [0, 0.1) is 24.0 Å². The summed E-state index contributed by atoms with van der Waals surface area (Å²) in [6.07, 6.45) is 1.21. The highest BCUT2D eigenvalue weighted by atomic mass is 35.5. The minimum atomic E-state index is -0.882. The van der Waals surface area contributed by atoms with Gasteiger partial charge in [0, 0.05) is 22.2 Å². The lowest BCUT2D eigenvalue weighted by molar-refractivity contribution is -0.385. The number of nitro groups is 1. The first-order chi connectivity index (χ1) is 15.7. The first-order valence-corrected chi connectivity index (χ1v) is 10.1. The Morgan fingerprint density at radius 1 is 1.06 bits per heavy atom. The molecule has 1 aliphatic heterocycles. The zero-order valence-electron chi connectivity index (χ0n) is 17.4. The molecule has 3 aromatic rings. The summed E-state index contributed by atoms with van der Waals surface area (Å²) in [5.74, 6) is -1.21. The number of urea groups is 1. The van der Waals surface area contributed by atoms with Gasteiger partial charge in [0.05, 0.1) is 10.6 Å². The number of benzene rings is 2. The van der Waals surface area contributed by atoms with Gasteiger partial charge in [0.1, 0.15) is 17.1 Å². The van der Waals surface area contributed by atoms with Crippen molar-refractivity contribution in [1.29, 1.82) is 0 Å². The molecule has 166 valence electrons. The number of nitrogens with one attached hydrogen (secondary N) is 1. The van der Waals surface area contributed by atoms with E-state index in [2.05, 4.69) is 5.32 Å². The van der Waals surface area contributed by atoms with Crippen LogP contribution in [0.2, 0.25) is 5.02 Å². The van der Waals surface area contributed by atoms with Crippen molar-refractivity contribution in [3.63, 3.8) is 0 Å². The van der Waals surface area contributed by atoms with E-state index in [1.165, 1.54) is 42.5 Å². The molecule has 1 fully saturated rings. The molecule has 0 aliphatic carbocycles.